The lowest BCUT2D eigenvalue weighted by Crippen LogP contribution is -2.48. The van der Waals surface area contributed by atoms with E-state index in [1.807, 2.05) is 29.3 Å². The Hall–Kier alpha value is -3.17. The summed E-state index contributed by atoms with van der Waals surface area (Å²) in [5.41, 5.74) is 5.70. The first kappa shape index (κ1) is 22.5. The summed E-state index contributed by atoms with van der Waals surface area (Å²) in [5.74, 6) is 1.84. The molecule has 3 rings (SSSR count). The minimum Gasteiger partial charge on any atom is -0.497 e. The molecule has 0 aliphatic carbocycles. The third kappa shape index (κ3) is 5.31. The van der Waals surface area contributed by atoms with Gasteiger partial charge in [-0.2, -0.15) is 0 Å². The molecule has 168 valence electrons. The van der Waals surface area contributed by atoms with Gasteiger partial charge in [0.15, 0.2) is 17.2 Å². The molecule has 2 N–H and O–H groups in total. The van der Waals surface area contributed by atoms with E-state index in [0.29, 0.717) is 11.5 Å². The number of piperidine rings is 1. The fourth-order valence-electron chi connectivity index (χ4n) is 3.53. The molecule has 0 atom stereocenters. The van der Waals surface area contributed by atoms with E-state index < -0.39 is 5.91 Å². The van der Waals surface area contributed by atoms with Crippen LogP contribution in [0.1, 0.15) is 23.2 Å². The van der Waals surface area contributed by atoms with Gasteiger partial charge in [0.25, 0.3) is 5.91 Å². The summed E-state index contributed by atoms with van der Waals surface area (Å²) in [7, 11) is 6.36. The second-order valence-corrected chi connectivity index (χ2v) is 7.04. The molecular weight excluding hydrogens is 402 g/mol. The van der Waals surface area contributed by atoms with Gasteiger partial charge >= 0.3 is 0 Å². The van der Waals surface area contributed by atoms with Crippen LogP contribution in [0.3, 0.4) is 0 Å². The van der Waals surface area contributed by atoms with Gasteiger partial charge in [0.05, 0.1) is 21.3 Å². The zero-order chi connectivity index (χ0) is 22.4. The first-order chi connectivity index (χ1) is 15.0. The summed E-state index contributed by atoms with van der Waals surface area (Å²) in [6, 6.07) is 10.9. The molecule has 9 heteroatoms. The molecule has 9 nitrogen and oxygen atoms in total. The lowest BCUT2D eigenvalue weighted by Gasteiger charge is -2.36. The summed E-state index contributed by atoms with van der Waals surface area (Å²) in [5, 5.41) is 3.64. The van der Waals surface area contributed by atoms with Crippen LogP contribution in [-0.2, 0) is 0 Å². The van der Waals surface area contributed by atoms with E-state index in [2.05, 4.69) is 0 Å². The van der Waals surface area contributed by atoms with Crippen molar-refractivity contribution in [2.75, 3.05) is 41.5 Å². The standard InChI is InChI=1S/C22H29N3O6/c1-24(31-18-8-9-19(28-3)21(29-4)20(18)22(23)26)25-12-10-15(11-13-25)30-17-7-5-6-16(14-17)27-2/h5-9,14-15H,10-13H2,1-4H3,(H2,23,26). The largest absolute Gasteiger partial charge is 0.497 e. The molecule has 1 aliphatic heterocycles. The molecule has 1 amide bonds. The average molecular weight is 431 g/mol. The van der Waals surface area contributed by atoms with Crippen LogP contribution in [0.5, 0.6) is 28.7 Å². The number of nitrogens with two attached hydrogens (primary N) is 1. The van der Waals surface area contributed by atoms with Crippen LogP contribution in [0, 0.1) is 0 Å². The number of amides is 1. The molecular formula is C22H29N3O6. The Morgan fingerprint density at radius 3 is 2.29 bits per heavy atom. The molecule has 1 aliphatic rings. The van der Waals surface area contributed by atoms with Gasteiger partial charge in [0.2, 0.25) is 0 Å². The van der Waals surface area contributed by atoms with Gasteiger partial charge in [-0.1, -0.05) is 11.2 Å². The maximum Gasteiger partial charge on any atom is 0.256 e. The van der Waals surface area contributed by atoms with Crippen molar-refractivity contribution >= 4 is 5.91 Å². The minimum absolute atomic E-state index is 0.0963. The van der Waals surface area contributed by atoms with Crippen LogP contribution < -0.4 is 29.5 Å². The Labute approximate surface area is 182 Å². The molecule has 2 aromatic carbocycles. The normalized spacial score (nSPS) is 14.9. The van der Waals surface area contributed by atoms with E-state index in [-0.39, 0.29) is 17.4 Å². The Balaban J connectivity index is 1.62. The number of primary amides is 1. The van der Waals surface area contributed by atoms with Gasteiger partial charge in [-0.3, -0.25) is 4.79 Å². The van der Waals surface area contributed by atoms with Crippen LogP contribution in [0.15, 0.2) is 36.4 Å². The summed E-state index contributed by atoms with van der Waals surface area (Å²) >= 11 is 0. The number of rotatable bonds is 9. The van der Waals surface area contributed by atoms with Crippen LogP contribution in [-0.4, -0.2) is 63.7 Å². The smallest absolute Gasteiger partial charge is 0.256 e. The predicted molar refractivity (Wildman–Crippen MR) is 115 cm³/mol. The van der Waals surface area contributed by atoms with E-state index in [9.17, 15) is 4.79 Å². The highest BCUT2D eigenvalue weighted by molar-refractivity contribution is 5.99. The fraction of sp³-hybridized carbons (Fsp3) is 0.409. The highest BCUT2D eigenvalue weighted by Gasteiger charge is 2.27. The maximum absolute atomic E-state index is 12.0. The third-order valence-electron chi connectivity index (χ3n) is 5.14. The number of hydrogen-bond acceptors (Lipinski definition) is 8. The monoisotopic (exact) mass is 431 g/mol. The molecule has 2 aromatic rings. The zero-order valence-electron chi connectivity index (χ0n) is 18.3. The van der Waals surface area contributed by atoms with Crippen molar-refractivity contribution in [3.05, 3.63) is 42.0 Å². The molecule has 1 fully saturated rings. The van der Waals surface area contributed by atoms with E-state index in [4.69, 9.17) is 29.5 Å². The molecule has 0 bridgehead atoms. The average Bonchev–Trinajstić information content (AvgIpc) is 2.79. The minimum atomic E-state index is -0.662. The number of ether oxygens (including phenoxy) is 4. The van der Waals surface area contributed by atoms with Crippen molar-refractivity contribution < 1.29 is 28.6 Å². The van der Waals surface area contributed by atoms with Gasteiger partial charge < -0.3 is 29.5 Å². The lowest BCUT2D eigenvalue weighted by atomic mass is 10.1. The highest BCUT2D eigenvalue weighted by atomic mass is 16.7. The van der Waals surface area contributed by atoms with Crippen molar-refractivity contribution in [2.45, 2.75) is 18.9 Å². The summed E-state index contributed by atoms with van der Waals surface area (Å²) in [4.78, 5) is 18.0. The van der Waals surface area contributed by atoms with E-state index in [0.717, 1.165) is 37.4 Å². The van der Waals surface area contributed by atoms with Gasteiger partial charge in [-0.05, 0) is 37.1 Å². The van der Waals surface area contributed by atoms with E-state index >= 15 is 0 Å². The topological polar surface area (TPSA) is 95.7 Å². The predicted octanol–water partition coefficient (Wildman–Crippen LogP) is 2.50. The van der Waals surface area contributed by atoms with Crippen LogP contribution in [0.2, 0.25) is 0 Å². The molecule has 0 spiro atoms. The Morgan fingerprint density at radius 2 is 1.68 bits per heavy atom. The molecule has 1 saturated heterocycles. The SMILES string of the molecule is COc1cccc(OC2CCN(N(C)Oc3ccc(OC)c(OC)c3C(N)=O)CC2)c1. The van der Waals surface area contributed by atoms with Crippen molar-refractivity contribution in [1.29, 1.82) is 0 Å². The fourth-order valence-corrected chi connectivity index (χ4v) is 3.53. The Morgan fingerprint density at radius 1 is 1.00 bits per heavy atom. The molecule has 0 saturated carbocycles. The third-order valence-corrected chi connectivity index (χ3v) is 5.14. The van der Waals surface area contributed by atoms with E-state index in [1.165, 1.54) is 14.2 Å². The second-order valence-electron chi connectivity index (χ2n) is 7.04. The quantitative estimate of drug-likeness (QED) is 0.605. The van der Waals surface area contributed by atoms with Gasteiger partial charge in [-0.25, -0.2) is 5.01 Å². The number of hydroxylamine groups is 1. The molecule has 31 heavy (non-hydrogen) atoms. The van der Waals surface area contributed by atoms with Gasteiger partial charge in [-0.15, -0.1) is 0 Å². The maximum atomic E-state index is 12.0. The second kappa shape index (κ2) is 10.2. The lowest BCUT2D eigenvalue weighted by molar-refractivity contribution is -0.212. The summed E-state index contributed by atoms with van der Waals surface area (Å²) in [6.45, 7) is 1.45. The number of hydrazine groups is 1. The number of hydrogen-bond donors (Lipinski definition) is 1. The molecule has 0 aromatic heterocycles. The number of nitrogens with zero attached hydrogens (tertiary/aromatic N) is 2. The number of benzene rings is 2. The number of carbonyl (C=O) groups is 1. The van der Waals surface area contributed by atoms with Crippen LogP contribution >= 0.6 is 0 Å². The first-order valence-electron chi connectivity index (χ1n) is 9.98. The van der Waals surface area contributed by atoms with Crippen LogP contribution in [0.4, 0.5) is 0 Å². The highest BCUT2D eigenvalue weighted by Crippen LogP contribution is 2.37. The Bertz CT molecular complexity index is 899. The molecule has 1 heterocycles. The Kier molecular flexibility index (Phi) is 7.43. The van der Waals surface area contributed by atoms with Gasteiger partial charge in [0, 0.05) is 26.2 Å². The molecule has 0 unspecified atom stereocenters. The zero-order valence-corrected chi connectivity index (χ0v) is 18.3. The summed E-state index contributed by atoms with van der Waals surface area (Å²) in [6.07, 6.45) is 1.73. The number of methoxy groups -OCH3 is 3. The van der Waals surface area contributed by atoms with Crippen molar-refractivity contribution in [3.63, 3.8) is 0 Å². The van der Waals surface area contributed by atoms with Crippen LogP contribution in [0.25, 0.3) is 0 Å². The van der Waals surface area contributed by atoms with Gasteiger partial charge in [0.1, 0.15) is 23.2 Å². The molecule has 0 radical (unpaired) electrons. The van der Waals surface area contributed by atoms with E-state index in [1.54, 1.807) is 31.5 Å². The van der Waals surface area contributed by atoms with Crippen molar-refractivity contribution in [2.24, 2.45) is 5.73 Å². The summed E-state index contributed by atoms with van der Waals surface area (Å²) < 4.78 is 21.9. The number of carbonyl (C=O) groups excluding carboxylic acids is 1. The van der Waals surface area contributed by atoms with Crippen molar-refractivity contribution in [3.8, 4) is 28.7 Å². The van der Waals surface area contributed by atoms with Crippen molar-refractivity contribution in [1.82, 2.24) is 10.2 Å². The first-order valence-corrected chi connectivity index (χ1v) is 9.98.